The van der Waals surface area contributed by atoms with Crippen LogP contribution in [0.15, 0.2) is 29.2 Å². The molecule has 0 saturated heterocycles. The number of rotatable bonds is 7. The van der Waals surface area contributed by atoms with Gasteiger partial charge in [0.1, 0.15) is 0 Å². The molecule has 1 aromatic rings. The van der Waals surface area contributed by atoms with E-state index in [1.54, 1.807) is 25.1 Å². The monoisotopic (exact) mass is 312 g/mol. The van der Waals surface area contributed by atoms with E-state index in [2.05, 4.69) is 0 Å². The zero-order valence-electron chi connectivity index (χ0n) is 12.6. The molecule has 0 aromatic heterocycles. The van der Waals surface area contributed by atoms with Crippen LogP contribution in [-0.2, 0) is 19.0 Å². The Bertz CT molecular complexity index is 533. The smallest absolute Gasteiger partial charge is 0.297 e. The van der Waals surface area contributed by atoms with Gasteiger partial charge in [0.15, 0.2) is 0 Å². The molecule has 118 valence electrons. The van der Waals surface area contributed by atoms with Crippen molar-refractivity contribution in [3.63, 3.8) is 0 Å². The van der Waals surface area contributed by atoms with E-state index in [1.165, 1.54) is 19.3 Å². The summed E-state index contributed by atoms with van der Waals surface area (Å²) in [5.74, 6) is 0. The van der Waals surface area contributed by atoms with Gasteiger partial charge in [-0.25, -0.2) is 0 Å². The van der Waals surface area contributed by atoms with E-state index in [1.807, 2.05) is 6.07 Å². The lowest BCUT2D eigenvalue weighted by atomic mass is 9.98. The van der Waals surface area contributed by atoms with Gasteiger partial charge in [-0.1, -0.05) is 37.5 Å². The van der Waals surface area contributed by atoms with Crippen molar-refractivity contribution in [3.8, 4) is 0 Å². The molecule has 0 radical (unpaired) electrons. The largest absolute Gasteiger partial charge is 0.378 e. The third-order valence-electron chi connectivity index (χ3n) is 3.80. The molecule has 0 bridgehead atoms. The van der Waals surface area contributed by atoms with Crippen LogP contribution in [0.1, 0.15) is 44.1 Å². The topological polar surface area (TPSA) is 52.6 Å². The summed E-state index contributed by atoms with van der Waals surface area (Å²) in [6, 6.07) is 6.85. The lowest BCUT2D eigenvalue weighted by molar-refractivity contribution is 0.0229. The molecule has 0 N–H and O–H groups in total. The van der Waals surface area contributed by atoms with Gasteiger partial charge < -0.3 is 4.74 Å². The molecule has 1 fully saturated rings. The van der Waals surface area contributed by atoms with Crippen LogP contribution in [-0.4, -0.2) is 27.7 Å². The first kappa shape index (κ1) is 16.5. The maximum absolute atomic E-state index is 12.1. The molecule has 0 atom stereocenters. The summed E-state index contributed by atoms with van der Waals surface area (Å²) in [5.41, 5.74) is 0.705. The molecular weight excluding hydrogens is 288 g/mol. The molecule has 5 heteroatoms. The number of hydrogen-bond acceptors (Lipinski definition) is 4. The average molecular weight is 312 g/mol. The van der Waals surface area contributed by atoms with Gasteiger partial charge in [-0.15, -0.1) is 0 Å². The SMILES string of the molecule is Cc1ccccc1S(=O)(=O)OCCCOC1CCCCC1. The molecule has 0 amide bonds. The van der Waals surface area contributed by atoms with Gasteiger partial charge in [0.05, 0.1) is 17.6 Å². The van der Waals surface area contributed by atoms with Crippen molar-refractivity contribution in [2.24, 2.45) is 0 Å². The zero-order valence-corrected chi connectivity index (χ0v) is 13.4. The molecule has 2 rings (SSSR count). The molecule has 0 heterocycles. The van der Waals surface area contributed by atoms with Crippen molar-refractivity contribution >= 4 is 10.1 Å². The van der Waals surface area contributed by atoms with E-state index in [9.17, 15) is 8.42 Å². The molecule has 4 nitrogen and oxygen atoms in total. The molecule has 0 unspecified atom stereocenters. The standard InChI is InChI=1S/C16H24O4S/c1-14-8-5-6-11-16(14)21(17,18)20-13-7-12-19-15-9-3-2-4-10-15/h5-6,8,11,15H,2-4,7,9-10,12-13H2,1H3. The summed E-state index contributed by atoms with van der Waals surface area (Å²) in [4.78, 5) is 0.248. The minimum atomic E-state index is -3.65. The van der Waals surface area contributed by atoms with Crippen molar-refractivity contribution in [2.75, 3.05) is 13.2 Å². The minimum Gasteiger partial charge on any atom is -0.378 e. The Labute approximate surface area is 127 Å². The molecule has 0 aliphatic heterocycles. The highest BCUT2D eigenvalue weighted by molar-refractivity contribution is 7.86. The van der Waals surface area contributed by atoms with Crippen LogP contribution in [0, 0.1) is 6.92 Å². The molecule has 1 aromatic carbocycles. The molecule has 21 heavy (non-hydrogen) atoms. The Hall–Kier alpha value is -0.910. The van der Waals surface area contributed by atoms with Crippen molar-refractivity contribution in [1.82, 2.24) is 0 Å². The fourth-order valence-electron chi connectivity index (χ4n) is 2.61. The molecule has 1 aliphatic carbocycles. The van der Waals surface area contributed by atoms with E-state index in [4.69, 9.17) is 8.92 Å². The van der Waals surface area contributed by atoms with Gasteiger partial charge >= 0.3 is 0 Å². The third kappa shape index (κ3) is 5.09. The normalized spacial score (nSPS) is 17.0. The summed E-state index contributed by atoms with van der Waals surface area (Å²) in [7, 11) is -3.65. The summed E-state index contributed by atoms with van der Waals surface area (Å²) in [5, 5.41) is 0. The van der Waals surface area contributed by atoms with E-state index in [0.29, 0.717) is 24.7 Å². The van der Waals surface area contributed by atoms with Crippen LogP contribution >= 0.6 is 0 Å². The number of hydrogen-bond donors (Lipinski definition) is 0. The first-order chi connectivity index (χ1) is 10.1. The molecule has 1 aliphatic rings. The Morgan fingerprint density at radius 1 is 1.10 bits per heavy atom. The Morgan fingerprint density at radius 2 is 1.81 bits per heavy atom. The first-order valence-electron chi connectivity index (χ1n) is 7.66. The van der Waals surface area contributed by atoms with Gasteiger partial charge in [0.2, 0.25) is 0 Å². The lowest BCUT2D eigenvalue weighted by Gasteiger charge is -2.21. The second kappa shape index (κ2) is 7.92. The molecule has 0 spiro atoms. The Morgan fingerprint density at radius 3 is 2.52 bits per heavy atom. The fraction of sp³-hybridized carbons (Fsp3) is 0.625. The predicted molar refractivity (Wildman–Crippen MR) is 81.8 cm³/mol. The van der Waals surface area contributed by atoms with Crippen molar-refractivity contribution in [3.05, 3.63) is 29.8 Å². The second-order valence-electron chi connectivity index (χ2n) is 5.53. The van der Waals surface area contributed by atoms with E-state index < -0.39 is 10.1 Å². The maximum atomic E-state index is 12.1. The number of aryl methyl sites for hydroxylation is 1. The van der Waals surface area contributed by atoms with Crippen molar-refractivity contribution < 1.29 is 17.3 Å². The minimum absolute atomic E-state index is 0.170. The maximum Gasteiger partial charge on any atom is 0.297 e. The Kier molecular flexibility index (Phi) is 6.21. The highest BCUT2D eigenvalue weighted by Crippen LogP contribution is 2.20. The highest BCUT2D eigenvalue weighted by atomic mass is 32.2. The third-order valence-corrected chi connectivity index (χ3v) is 5.27. The van der Waals surface area contributed by atoms with Gasteiger partial charge in [-0.3, -0.25) is 4.18 Å². The zero-order chi connectivity index (χ0) is 15.1. The van der Waals surface area contributed by atoms with Crippen LogP contribution in [0.25, 0.3) is 0 Å². The van der Waals surface area contributed by atoms with Crippen LogP contribution in [0.2, 0.25) is 0 Å². The van der Waals surface area contributed by atoms with Crippen LogP contribution in [0.5, 0.6) is 0 Å². The van der Waals surface area contributed by atoms with E-state index in [-0.39, 0.29) is 11.5 Å². The first-order valence-corrected chi connectivity index (χ1v) is 9.07. The summed E-state index contributed by atoms with van der Waals surface area (Å²) in [6.07, 6.45) is 6.99. The number of benzene rings is 1. The quantitative estimate of drug-likeness (QED) is 0.571. The van der Waals surface area contributed by atoms with Crippen LogP contribution < -0.4 is 0 Å². The van der Waals surface area contributed by atoms with Gasteiger partial charge in [-0.05, 0) is 37.8 Å². The second-order valence-corrected chi connectivity index (χ2v) is 7.11. The average Bonchev–Trinajstić information content (AvgIpc) is 2.48. The van der Waals surface area contributed by atoms with Gasteiger partial charge in [0.25, 0.3) is 10.1 Å². The van der Waals surface area contributed by atoms with Gasteiger partial charge in [0, 0.05) is 6.61 Å². The molecule has 1 saturated carbocycles. The van der Waals surface area contributed by atoms with E-state index in [0.717, 1.165) is 12.8 Å². The summed E-state index contributed by atoms with van der Waals surface area (Å²) < 4.78 is 34.9. The summed E-state index contributed by atoms with van der Waals surface area (Å²) >= 11 is 0. The fourth-order valence-corrected chi connectivity index (χ4v) is 3.78. The molecular formula is C16H24O4S. The number of ether oxygens (including phenoxy) is 1. The van der Waals surface area contributed by atoms with E-state index >= 15 is 0 Å². The van der Waals surface area contributed by atoms with Crippen LogP contribution in [0.3, 0.4) is 0 Å². The lowest BCUT2D eigenvalue weighted by Crippen LogP contribution is -2.18. The predicted octanol–water partition coefficient (Wildman–Crippen LogP) is 3.44. The summed E-state index contributed by atoms with van der Waals surface area (Å²) in [6.45, 7) is 2.50. The highest BCUT2D eigenvalue weighted by Gasteiger charge is 2.17. The van der Waals surface area contributed by atoms with Gasteiger partial charge in [-0.2, -0.15) is 8.42 Å². The van der Waals surface area contributed by atoms with Crippen molar-refractivity contribution in [1.29, 1.82) is 0 Å². The van der Waals surface area contributed by atoms with Crippen LogP contribution in [0.4, 0.5) is 0 Å². The Balaban J connectivity index is 1.71. The van der Waals surface area contributed by atoms with Crippen molar-refractivity contribution in [2.45, 2.75) is 56.4 Å².